The number of nitro benzene ring substituents is 1. The first-order valence-electron chi connectivity index (χ1n) is 8.74. The number of nitro groups is 1. The van der Waals surface area contributed by atoms with E-state index < -0.39 is 4.92 Å². The van der Waals surface area contributed by atoms with Crippen molar-refractivity contribution < 1.29 is 9.72 Å². The van der Waals surface area contributed by atoms with E-state index in [1.54, 1.807) is 11.0 Å². The summed E-state index contributed by atoms with van der Waals surface area (Å²) in [5.74, 6) is -0.0134. The number of hydrogen-bond acceptors (Lipinski definition) is 3. The standard InChI is InChI=1S/C20H22N2O3/c1-2-3-4-15-5-7-16(8-6-15)13-20(23)21-12-11-17-9-10-18(22(24)25)14-19(17)21/h5-10,14H,2-4,11-13H2,1H3. The third-order valence-corrected chi connectivity index (χ3v) is 4.67. The minimum Gasteiger partial charge on any atom is -0.311 e. The molecule has 0 spiro atoms. The Morgan fingerprint density at radius 3 is 2.56 bits per heavy atom. The zero-order valence-electron chi connectivity index (χ0n) is 14.4. The largest absolute Gasteiger partial charge is 0.311 e. The number of carbonyl (C=O) groups excluding carboxylic acids is 1. The SMILES string of the molecule is CCCCc1ccc(CC(=O)N2CCc3ccc([N+](=O)[O-])cc32)cc1. The molecular formula is C20H22N2O3. The summed E-state index contributed by atoms with van der Waals surface area (Å²) in [6, 6.07) is 12.9. The molecule has 0 bridgehead atoms. The monoisotopic (exact) mass is 338 g/mol. The Labute approximate surface area is 147 Å². The lowest BCUT2D eigenvalue weighted by atomic mass is 10.0. The molecule has 0 aliphatic carbocycles. The predicted octanol–water partition coefficient (Wildman–Crippen LogP) is 4.07. The second-order valence-electron chi connectivity index (χ2n) is 6.46. The lowest BCUT2D eigenvalue weighted by molar-refractivity contribution is -0.384. The Bertz CT molecular complexity index is 784. The van der Waals surface area contributed by atoms with Gasteiger partial charge in [0.2, 0.25) is 5.91 Å². The van der Waals surface area contributed by atoms with Crippen LogP contribution in [0.15, 0.2) is 42.5 Å². The summed E-state index contributed by atoms with van der Waals surface area (Å²) >= 11 is 0. The summed E-state index contributed by atoms with van der Waals surface area (Å²) in [5.41, 5.74) is 3.97. The number of anilines is 1. The number of hydrogen-bond donors (Lipinski definition) is 0. The number of amides is 1. The first-order chi connectivity index (χ1) is 12.1. The van der Waals surface area contributed by atoms with Gasteiger partial charge in [-0.25, -0.2) is 0 Å². The van der Waals surface area contributed by atoms with Crippen LogP contribution < -0.4 is 4.90 Å². The van der Waals surface area contributed by atoms with E-state index in [2.05, 4.69) is 19.1 Å². The van der Waals surface area contributed by atoms with Crippen molar-refractivity contribution in [3.63, 3.8) is 0 Å². The Hall–Kier alpha value is -2.69. The van der Waals surface area contributed by atoms with Crippen molar-refractivity contribution in [3.8, 4) is 0 Å². The first kappa shape index (κ1) is 17.1. The Morgan fingerprint density at radius 2 is 1.88 bits per heavy atom. The highest BCUT2D eigenvalue weighted by atomic mass is 16.6. The highest BCUT2D eigenvalue weighted by Gasteiger charge is 2.26. The fourth-order valence-electron chi connectivity index (χ4n) is 3.21. The number of unbranched alkanes of at least 4 members (excludes halogenated alkanes) is 1. The lowest BCUT2D eigenvalue weighted by Gasteiger charge is -2.17. The molecule has 1 heterocycles. The van der Waals surface area contributed by atoms with Crippen molar-refractivity contribution in [2.45, 2.75) is 39.0 Å². The zero-order chi connectivity index (χ0) is 17.8. The van der Waals surface area contributed by atoms with Crippen molar-refractivity contribution in [2.24, 2.45) is 0 Å². The maximum Gasteiger partial charge on any atom is 0.271 e. The maximum atomic E-state index is 12.7. The van der Waals surface area contributed by atoms with Crippen LogP contribution in [0, 0.1) is 10.1 Å². The molecule has 130 valence electrons. The van der Waals surface area contributed by atoms with Crippen LogP contribution in [-0.4, -0.2) is 17.4 Å². The van der Waals surface area contributed by atoms with Crippen LogP contribution in [0.3, 0.4) is 0 Å². The van der Waals surface area contributed by atoms with Crippen LogP contribution in [0.2, 0.25) is 0 Å². The van der Waals surface area contributed by atoms with Gasteiger partial charge >= 0.3 is 0 Å². The van der Waals surface area contributed by atoms with Gasteiger partial charge in [0.15, 0.2) is 0 Å². The number of non-ortho nitro benzene ring substituents is 1. The Morgan fingerprint density at radius 1 is 1.16 bits per heavy atom. The van der Waals surface area contributed by atoms with Gasteiger partial charge in [-0.15, -0.1) is 0 Å². The van der Waals surface area contributed by atoms with E-state index in [1.165, 1.54) is 30.5 Å². The van der Waals surface area contributed by atoms with E-state index >= 15 is 0 Å². The second kappa shape index (κ2) is 7.47. The fourth-order valence-corrected chi connectivity index (χ4v) is 3.21. The van der Waals surface area contributed by atoms with Crippen LogP contribution in [-0.2, 0) is 24.1 Å². The number of carbonyl (C=O) groups is 1. The summed E-state index contributed by atoms with van der Waals surface area (Å²) in [6.45, 7) is 2.76. The lowest BCUT2D eigenvalue weighted by Crippen LogP contribution is -2.30. The van der Waals surface area contributed by atoms with Crippen LogP contribution in [0.25, 0.3) is 0 Å². The maximum absolute atomic E-state index is 12.7. The second-order valence-corrected chi connectivity index (χ2v) is 6.46. The molecule has 0 saturated carbocycles. The topological polar surface area (TPSA) is 63.5 Å². The van der Waals surface area contributed by atoms with E-state index in [1.807, 2.05) is 12.1 Å². The number of rotatable bonds is 6. The molecule has 5 nitrogen and oxygen atoms in total. The van der Waals surface area contributed by atoms with Crippen LogP contribution in [0.4, 0.5) is 11.4 Å². The molecule has 1 aliphatic heterocycles. The summed E-state index contributed by atoms with van der Waals surface area (Å²) in [4.78, 5) is 24.9. The van der Waals surface area contributed by atoms with Crippen LogP contribution in [0.1, 0.15) is 36.5 Å². The van der Waals surface area contributed by atoms with Crippen molar-refractivity contribution in [3.05, 3.63) is 69.3 Å². The van der Waals surface area contributed by atoms with Gasteiger partial charge in [-0.3, -0.25) is 14.9 Å². The molecule has 0 aromatic heterocycles. The molecule has 3 rings (SSSR count). The van der Waals surface area contributed by atoms with Gasteiger partial charge in [0.25, 0.3) is 5.69 Å². The zero-order valence-corrected chi connectivity index (χ0v) is 14.4. The van der Waals surface area contributed by atoms with Gasteiger partial charge in [-0.05, 0) is 36.0 Å². The molecule has 0 saturated heterocycles. The molecule has 2 aromatic carbocycles. The summed E-state index contributed by atoms with van der Waals surface area (Å²) < 4.78 is 0. The van der Waals surface area contributed by atoms with Gasteiger partial charge in [-0.1, -0.05) is 43.7 Å². The van der Waals surface area contributed by atoms with Gasteiger partial charge in [-0.2, -0.15) is 0 Å². The van der Waals surface area contributed by atoms with Gasteiger partial charge < -0.3 is 4.90 Å². The van der Waals surface area contributed by atoms with Crippen molar-refractivity contribution in [1.29, 1.82) is 0 Å². The van der Waals surface area contributed by atoms with Crippen molar-refractivity contribution >= 4 is 17.3 Å². The Kier molecular flexibility index (Phi) is 5.12. The van der Waals surface area contributed by atoms with E-state index in [-0.39, 0.29) is 11.6 Å². The first-order valence-corrected chi connectivity index (χ1v) is 8.74. The van der Waals surface area contributed by atoms with Gasteiger partial charge in [0, 0.05) is 18.7 Å². The fraction of sp³-hybridized carbons (Fsp3) is 0.350. The number of fused-ring (bicyclic) bond motifs is 1. The molecule has 25 heavy (non-hydrogen) atoms. The molecular weight excluding hydrogens is 316 g/mol. The molecule has 5 heteroatoms. The predicted molar refractivity (Wildman–Crippen MR) is 97.9 cm³/mol. The van der Waals surface area contributed by atoms with Gasteiger partial charge in [0.1, 0.15) is 0 Å². The number of aryl methyl sites for hydroxylation is 1. The average molecular weight is 338 g/mol. The molecule has 0 N–H and O–H groups in total. The molecule has 0 fully saturated rings. The van der Waals surface area contributed by atoms with Crippen LogP contribution >= 0.6 is 0 Å². The number of nitrogens with zero attached hydrogens (tertiary/aromatic N) is 2. The van der Waals surface area contributed by atoms with Crippen LogP contribution in [0.5, 0.6) is 0 Å². The molecule has 0 atom stereocenters. The highest BCUT2D eigenvalue weighted by molar-refractivity contribution is 5.97. The van der Waals surface area contributed by atoms with E-state index in [0.29, 0.717) is 18.7 Å². The molecule has 1 aliphatic rings. The quantitative estimate of drug-likeness (QED) is 0.589. The summed E-state index contributed by atoms with van der Waals surface area (Å²) in [7, 11) is 0. The normalized spacial score (nSPS) is 12.9. The minimum absolute atomic E-state index is 0.0134. The minimum atomic E-state index is -0.420. The van der Waals surface area contributed by atoms with Crippen molar-refractivity contribution in [1.82, 2.24) is 0 Å². The van der Waals surface area contributed by atoms with Crippen molar-refractivity contribution in [2.75, 3.05) is 11.4 Å². The highest BCUT2D eigenvalue weighted by Crippen LogP contribution is 2.32. The number of benzene rings is 2. The average Bonchev–Trinajstić information content (AvgIpc) is 3.04. The third-order valence-electron chi connectivity index (χ3n) is 4.67. The smallest absolute Gasteiger partial charge is 0.271 e. The van der Waals surface area contributed by atoms with E-state index in [9.17, 15) is 14.9 Å². The third kappa shape index (κ3) is 3.87. The molecule has 0 radical (unpaired) electrons. The molecule has 2 aromatic rings. The molecule has 0 unspecified atom stereocenters. The Balaban J connectivity index is 1.71. The summed E-state index contributed by atoms with van der Waals surface area (Å²) in [6.07, 6.45) is 4.46. The van der Waals surface area contributed by atoms with E-state index in [4.69, 9.17) is 0 Å². The van der Waals surface area contributed by atoms with Gasteiger partial charge in [0.05, 0.1) is 17.0 Å². The summed E-state index contributed by atoms with van der Waals surface area (Å²) in [5, 5.41) is 11.0. The van der Waals surface area contributed by atoms with E-state index in [0.717, 1.165) is 24.0 Å². The molecule has 1 amide bonds.